The van der Waals surface area contributed by atoms with E-state index in [0.717, 1.165) is 12.3 Å². The van der Waals surface area contributed by atoms with Gasteiger partial charge in [0.05, 0.1) is 11.1 Å². The van der Waals surface area contributed by atoms with Gasteiger partial charge in [0.25, 0.3) is 5.91 Å². The summed E-state index contributed by atoms with van der Waals surface area (Å²) < 4.78 is 38.7. The largest absolute Gasteiger partial charge is 0.417 e. The fraction of sp³-hybridized carbons (Fsp3) is 0.353. The Kier molecular flexibility index (Phi) is 5.90. The number of carbonyl (C=O) groups is 1. The molecule has 2 aromatic heterocycles. The maximum Gasteiger partial charge on any atom is 0.417 e. The number of hydrogen-bond donors (Lipinski definition) is 0. The van der Waals surface area contributed by atoms with Crippen molar-refractivity contribution in [2.75, 3.05) is 31.1 Å². The highest BCUT2D eigenvalue weighted by atomic mass is 79.9. The minimum atomic E-state index is -4.41. The van der Waals surface area contributed by atoms with Crippen LogP contribution < -0.4 is 4.90 Å². The monoisotopic (exact) mass is 462 g/mol. The van der Waals surface area contributed by atoms with Crippen LogP contribution in [0, 0.1) is 0 Å². The van der Waals surface area contributed by atoms with Crippen LogP contribution in [0.2, 0.25) is 5.15 Å². The quantitative estimate of drug-likeness (QED) is 0.625. The molecule has 1 saturated heterocycles. The van der Waals surface area contributed by atoms with Crippen molar-refractivity contribution in [1.29, 1.82) is 0 Å². The zero-order valence-corrected chi connectivity index (χ0v) is 16.4. The first kappa shape index (κ1) is 19.9. The maximum absolute atomic E-state index is 12.7. The van der Waals surface area contributed by atoms with E-state index in [0.29, 0.717) is 48.5 Å². The molecule has 3 heterocycles. The lowest BCUT2D eigenvalue weighted by atomic mass is 10.2. The number of nitrogens with zero attached hydrogens (tertiary/aromatic N) is 4. The molecule has 0 atom stereocenters. The molecular formula is C17H15BrClF3N4O. The number of anilines is 1. The van der Waals surface area contributed by atoms with Gasteiger partial charge in [0.2, 0.25) is 0 Å². The van der Waals surface area contributed by atoms with Crippen LogP contribution in [0.5, 0.6) is 0 Å². The third-order valence-electron chi connectivity index (χ3n) is 4.22. The van der Waals surface area contributed by atoms with Gasteiger partial charge in [-0.3, -0.25) is 4.79 Å². The number of halogens is 5. The number of alkyl halides is 3. The molecule has 1 aliphatic heterocycles. The molecule has 0 aromatic carbocycles. The molecule has 27 heavy (non-hydrogen) atoms. The molecule has 0 N–H and O–H groups in total. The molecule has 0 aliphatic carbocycles. The number of rotatable bonds is 2. The topological polar surface area (TPSA) is 49.3 Å². The lowest BCUT2D eigenvalue weighted by molar-refractivity contribution is -0.137. The van der Waals surface area contributed by atoms with Crippen LogP contribution in [-0.4, -0.2) is 47.0 Å². The summed E-state index contributed by atoms with van der Waals surface area (Å²) in [7, 11) is 0. The molecule has 3 rings (SSSR count). The predicted octanol–water partition coefficient (Wildman–Crippen LogP) is 4.26. The summed E-state index contributed by atoms with van der Waals surface area (Å²) in [4.78, 5) is 24.2. The molecule has 10 heteroatoms. The van der Waals surface area contributed by atoms with Gasteiger partial charge in [0, 0.05) is 43.0 Å². The number of carbonyl (C=O) groups excluding carboxylic acids is 1. The summed E-state index contributed by atoms with van der Waals surface area (Å²) >= 11 is 9.31. The van der Waals surface area contributed by atoms with Crippen molar-refractivity contribution >= 4 is 39.3 Å². The average molecular weight is 464 g/mol. The number of pyridine rings is 2. The Hall–Kier alpha value is -1.87. The number of amides is 1. The van der Waals surface area contributed by atoms with Crippen molar-refractivity contribution in [3.63, 3.8) is 0 Å². The van der Waals surface area contributed by atoms with Crippen LogP contribution in [0.1, 0.15) is 22.3 Å². The van der Waals surface area contributed by atoms with Crippen molar-refractivity contribution < 1.29 is 18.0 Å². The third kappa shape index (κ3) is 4.70. The normalized spacial score (nSPS) is 15.6. The highest BCUT2D eigenvalue weighted by Gasteiger charge is 2.31. The van der Waals surface area contributed by atoms with Gasteiger partial charge in [0.1, 0.15) is 11.0 Å². The van der Waals surface area contributed by atoms with Gasteiger partial charge in [-0.1, -0.05) is 11.6 Å². The second-order valence-electron chi connectivity index (χ2n) is 6.03. The highest BCUT2D eigenvalue weighted by molar-refractivity contribution is 9.10. The smallest absolute Gasteiger partial charge is 0.355 e. The summed E-state index contributed by atoms with van der Waals surface area (Å²) in [6, 6.07) is 4.00. The fourth-order valence-corrected chi connectivity index (χ4v) is 3.35. The van der Waals surface area contributed by atoms with E-state index in [1.165, 1.54) is 12.3 Å². The SMILES string of the molecule is O=C(c1cc(Br)cnc1Cl)N1CCCN(c2ccc(C(F)(F)F)cn2)CC1. The Bertz CT molecular complexity index is 832. The lowest BCUT2D eigenvalue weighted by Crippen LogP contribution is -2.35. The van der Waals surface area contributed by atoms with Crippen molar-refractivity contribution in [2.24, 2.45) is 0 Å². The zero-order chi connectivity index (χ0) is 19.6. The van der Waals surface area contributed by atoms with E-state index in [1.807, 2.05) is 4.90 Å². The molecule has 0 radical (unpaired) electrons. The highest BCUT2D eigenvalue weighted by Crippen LogP contribution is 2.29. The fourth-order valence-electron chi connectivity index (χ4n) is 2.83. The molecule has 2 aromatic rings. The van der Waals surface area contributed by atoms with Gasteiger partial charge >= 0.3 is 6.18 Å². The molecule has 1 aliphatic rings. The van der Waals surface area contributed by atoms with Crippen LogP contribution in [0.15, 0.2) is 35.1 Å². The van der Waals surface area contributed by atoms with Gasteiger partial charge < -0.3 is 9.80 Å². The lowest BCUT2D eigenvalue weighted by Gasteiger charge is -2.23. The van der Waals surface area contributed by atoms with E-state index < -0.39 is 11.7 Å². The first-order chi connectivity index (χ1) is 12.8. The molecule has 0 bridgehead atoms. The van der Waals surface area contributed by atoms with E-state index in [1.54, 1.807) is 11.0 Å². The van der Waals surface area contributed by atoms with Crippen LogP contribution in [0.3, 0.4) is 0 Å². The van der Waals surface area contributed by atoms with Crippen molar-refractivity contribution in [2.45, 2.75) is 12.6 Å². The van der Waals surface area contributed by atoms with Crippen molar-refractivity contribution in [3.05, 3.63) is 51.3 Å². The minimum Gasteiger partial charge on any atom is -0.355 e. The van der Waals surface area contributed by atoms with E-state index in [-0.39, 0.29) is 11.1 Å². The van der Waals surface area contributed by atoms with E-state index in [4.69, 9.17) is 11.6 Å². The zero-order valence-electron chi connectivity index (χ0n) is 14.0. The van der Waals surface area contributed by atoms with Crippen LogP contribution in [0.4, 0.5) is 19.0 Å². The molecule has 0 unspecified atom stereocenters. The number of aromatic nitrogens is 2. The van der Waals surface area contributed by atoms with Crippen LogP contribution in [-0.2, 0) is 6.18 Å². The van der Waals surface area contributed by atoms with Gasteiger partial charge in [0.15, 0.2) is 0 Å². The Morgan fingerprint density at radius 3 is 2.56 bits per heavy atom. The average Bonchev–Trinajstić information content (AvgIpc) is 2.89. The third-order valence-corrected chi connectivity index (χ3v) is 4.95. The second kappa shape index (κ2) is 8.02. The molecule has 144 valence electrons. The summed E-state index contributed by atoms with van der Waals surface area (Å²) in [6.45, 7) is 1.97. The van der Waals surface area contributed by atoms with Crippen molar-refractivity contribution in [3.8, 4) is 0 Å². The minimum absolute atomic E-state index is 0.133. The molecule has 1 fully saturated rings. The van der Waals surface area contributed by atoms with Gasteiger partial charge in [-0.15, -0.1) is 0 Å². The van der Waals surface area contributed by atoms with E-state index in [9.17, 15) is 18.0 Å². The second-order valence-corrected chi connectivity index (χ2v) is 7.30. The van der Waals surface area contributed by atoms with Gasteiger partial charge in [-0.25, -0.2) is 9.97 Å². The predicted molar refractivity (Wildman–Crippen MR) is 98.9 cm³/mol. The standard InChI is InChI=1S/C17H15BrClF3N4O/c18-12-8-13(15(19)24-10-12)16(27)26-5-1-4-25(6-7-26)14-3-2-11(9-23-14)17(20,21)22/h2-3,8-10H,1,4-7H2. The molecule has 5 nitrogen and oxygen atoms in total. The van der Waals surface area contributed by atoms with Gasteiger partial charge in [-0.2, -0.15) is 13.2 Å². The summed E-state index contributed by atoms with van der Waals surface area (Å²) in [5.74, 6) is 0.232. The summed E-state index contributed by atoms with van der Waals surface area (Å²) in [5.41, 5.74) is -0.471. The number of hydrogen-bond acceptors (Lipinski definition) is 4. The summed E-state index contributed by atoms with van der Waals surface area (Å²) in [6.07, 6.45) is -1.41. The van der Waals surface area contributed by atoms with Crippen LogP contribution in [0.25, 0.3) is 0 Å². The Morgan fingerprint density at radius 2 is 1.89 bits per heavy atom. The van der Waals surface area contributed by atoms with E-state index in [2.05, 4.69) is 25.9 Å². The Morgan fingerprint density at radius 1 is 1.11 bits per heavy atom. The molecular weight excluding hydrogens is 449 g/mol. The van der Waals surface area contributed by atoms with Gasteiger partial charge in [-0.05, 0) is 40.5 Å². The molecule has 0 spiro atoms. The maximum atomic E-state index is 12.7. The Labute approximate surface area is 167 Å². The van der Waals surface area contributed by atoms with E-state index >= 15 is 0 Å². The first-order valence-electron chi connectivity index (χ1n) is 8.14. The van der Waals surface area contributed by atoms with Crippen molar-refractivity contribution in [1.82, 2.24) is 14.9 Å². The van der Waals surface area contributed by atoms with Crippen LogP contribution >= 0.6 is 27.5 Å². The molecule has 1 amide bonds. The Balaban J connectivity index is 1.70. The first-order valence-corrected chi connectivity index (χ1v) is 9.31. The molecule has 0 saturated carbocycles. The summed E-state index contributed by atoms with van der Waals surface area (Å²) in [5, 5.41) is 0.133.